The molecule has 1 aliphatic rings. The smallest absolute Gasteiger partial charge is 0.110 e. The number of nitrogens with two attached hydrogens (primary N) is 1. The Kier molecular flexibility index (Phi) is 2.55. The van der Waals surface area contributed by atoms with E-state index in [0.29, 0.717) is 13.1 Å². The summed E-state index contributed by atoms with van der Waals surface area (Å²) < 4.78 is 2.09. The molecule has 1 aromatic heterocycles. The molecule has 0 bridgehead atoms. The summed E-state index contributed by atoms with van der Waals surface area (Å²) >= 11 is 0. The average Bonchev–Trinajstić information content (AvgIpc) is 2.58. The Hall–Kier alpha value is -1.27. The Morgan fingerprint density at radius 2 is 2.21 bits per heavy atom. The number of nitriles is 1. The summed E-state index contributed by atoms with van der Waals surface area (Å²) in [6.07, 6.45) is 4.78. The van der Waals surface area contributed by atoms with Gasteiger partial charge in [-0.05, 0) is 37.3 Å². The van der Waals surface area contributed by atoms with Crippen LogP contribution in [0, 0.1) is 11.3 Å². The molecular weight excluding hydrogens is 174 g/mol. The number of fused-ring (bicyclic) bond motifs is 1. The molecule has 0 aliphatic heterocycles. The molecule has 14 heavy (non-hydrogen) atoms. The first-order valence-electron chi connectivity index (χ1n) is 5.14. The lowest BCUT2D eigenvalue weighted by atomic mass is 9.98. The van der Waals surface area contributed by atoms with Gasteiger partial charge in [-0.2, -0.15) is 5.26 Å². The second-order valence-corrected chi connectivity index (χ2v) is 3.76. The van der Waals surface area contributed by atoms with Gasteiger partial charge in [-0.3, -0.25) is 0 Å². The van der Waals surface area contributed by atoms with Gasteiger partial charge in [-0.1, -0.05) is 0 Å². The Bertz CT molecular complexity index is 371. The normalized spacial score (nSPS) is 14.9. The number of aromatic nitrogens is 1. The molecule has 0 radical (unpaired) electrons. The number of hydrogen-bond acceptors (Lipinski definition) is 2. The van der Waals surface area contributed by atoms with Crippen LogP contribution in [0.3, 0.4) is 0 Å². The summed E-state index contributed by atoms with van der Waals surface area (Å²) in [4.78, 5) is 0. The molecule has 2 N–H and O–H groups in total. The van der Waals surface area contributed by atoms with E-state index in [4.69, 9.17) is 11.0 Å². The van der Waals surface area contributed by atoms with Crippen LogP contribution in [0.5, 0.6) is 0 Å². The van der Waals surface area contributed by atoms with E-state index in [9.17, 15) is 0 Å². The Morgan fingerprint density at radius 1 is 1.43 bits per heavy atom. The minimum Gasteiger partial charge on any atom is -0.333 e. The van der Waals surface area contributed by atoms with E-state index in [1.54, 1.807) is 0 Å². The van der Waals surface area contributed by atoms with E-state index in [0.717, 1.165) is 18.5 Å². The van der Waals surface area contributed by atoms with Crippen LogP contribution in [0.4, 0.5) is 0 Å². The maximum Gasteiger partial charge on any atom is 0.110 e. The number of hydrogen-bond donors (Lipinski definition) is 1. The van der Waals surface area contributed by atoms with Crippen LogP contribution in [0.2, 0.25) is 0 Å². The van der Waals surface area contributed by atoms with Gasteiger partial charge in [-0.25, -0.2) is 0 Å². The summed E-state index contributed by atoms with van der Waals surface area (Å²) in [6, 6.07) is 4.37. The largest absolute Gasteiger partial charge is 0.333 e. The minimum absolute atomic E-state index is 0.446. The fraction of sp³-hybridized carbons (Fsp3) is 0.545. The maximum absolute atomic E-state index is 8.75. The van der Waals surface area contributed by atoms with Gasteiger partial charge in [0.2, 0.25) is 0 Å². The molecule has 0 saturated heterocycles. The van der Waals surface area contributed by atoms with E-state index in [1.165, 1.54) is 24.1 Å². The molecule has 0 saturated carbocycles. The second-order valence-electron chi connectivity index (χ2n) is 3.76. The lowest BCUT2D eigenvalue weighted by Crippen LogP contribution is -2.11. The highest BCUT2D eigenvalue weighted by molar-refractivity contribution is 5.30. The summed E-state index contributed by atoms with van der Waals surface area (Å²) in [5.74, 6) is 0. The van der Waals surface area contributed by atoms with Crippen molar-refractivity contribution in [2.24, 2.45) is 5.73 Å². The van der Waals surface area contributed by atoms with Crippen LogP contribution in [0.1, 0.15) is 29.8 Å². The fourth-order valence-electron chi connectivity index (χ4n) is 2.27. The zero-order chi connectivity index (χ0) is 9.97. The predicted octanol–water partition coefficient (Wildman–Crippen LogP) is 1.35. The van der Waals surface area contributed by atoms with Crippen molar-refractivity contribution in [3.05, 3.63) is 23.0 Å². The third-order valence-electron chi connectivity index (χ3n) is 2.93. The van der Waals surface area contributed by atoms with Crippen LogP contribution in [0.25, 0.3) is 0 Å². The van der Waals surface area contributed by atoms with Crippen molar-refractivity contribution in [1.82, 2.24) is 4.57 Å². The molecule has 1 heterocycles. The van der Waals surface area contributed by atoms with Crippen molar-refractivity contribution >= 4 is 0 Å². The molecule has 0 atom stereocenters. The van der Waals surface area contributed by atoms with Crippen LogP contribution < -0.4 is 5.73 Å². The lowest BCUT2D eigenvalue weighted by Gasteiger charge is -2.14. The highest BCUT2D eigenvalue weighted by atomic mass is 15.0. The van der Waals surface area contributed by atoms with Crippen LogP contribution in [-0.4, -0.2) is 4.57 Å². The van der Waals surface area contributed by atoms with Crippen LogP contribution in [0.15, 0.2) is 6.07 Å². The van der Waals surface area contributed by atoms with Crippen LogP contribution in [-0.2, 0) is 25.9 Å². The monoisotopic (exact) mass is 189 g/mol. The molecule has 0 fully saturated rings. The Morgan fingerprint density at radius 3 is 2.93 bits per heavy atom. The van der Waals surface area contributed by atoms with Gasteiger partial charge >= 0.3 is 0 Å². The Balaban J connectivity index is 2.43. The van der Waals surface area contributed by atoms with Crippen molar-refractivity contribution in [2.45, 2.75) is 38.8 Å². The van der Waals surface area contributed by atoms with Crippen molar-refractivity contribution in [1.29, 1.82) is 5.26 Å². The zero-order valence-electron chi connectivity index (χ0n) is 8.29. The number of aryl methyl sites for hydroxylation is 1. The van der Waals surface area contributed by atoms with Gasteiger partial charge in [0.1, 0.15) is 6.54 Å². The van der Waals surface area contributed by atoms with Crippen molar-refractivity contribution in [3.63, 3.8) is 0 Å². The quantitative estimate of drug-likeness (QED) is 0.763. The molecule has 1 aliphatic carbocycles. The molecule has 3 nitrogen and oxygen atoms in total. The molecular formula is C11H15N3. The second kappa shape index (κ2) is 3.85. The zero-order valence-corrected chi connectivity index (χ0v) is 8.29. The molecule has 1 aromatic rings. The van der Waals surface area contributed by atoms with E-state index in [2.05, 4.69) is 16.7 Å². The maximum atomic E-state index is 8.75. The fourth-order valence-corrected chi connectivity index (χ4v) is 2.27. The summed E-state index contributed by atoms with van der Waals surface area (Å²) in [7, 11) is 0. The molecule has 3 heteroatoms. The van der Waals surface area contributed by atoms with Crippen molar-refractivity contribution in [3.8, 4) is 6.07 Å². The van der Waals surface area contributed by atoms with Gasteiger partial charge in [0.15, 0.2) is 0 Å². The van der Waals surface area contributed by atoms with Gasteiger partial charge in [-0.15, -0.1) is 0 Å². The predicted molar refractivity (Wildman–Crippen MR) is 54.6 cm³/mol. The third kappa shape index (κ3) is 1.42. The van der Waals surface area contributed by atoms with Crippen LogP contribution >= 0.6 is 0 Å². The summed E-state index contributed by atoms with van der Waals surface area (Å²) in [5.41, 5.74) is 9.53. The topological polar surface area (TPSA) is 54.7 Å². The first-order chi connectivity index (χ1) is 6.86. The highest BCUT2D eigenvalue weighted by Crippen LogP contribution is 2.24. The molecule has 74 valence electrons. The average molecular weight is 189 g/mol. The number of rotatable bonds is 2. The molecule has 0 amide bonds. The van der Waals surface area contributed by atoms with E-state index >= 15 is 0 Å². The van der Waals surface area contributed by atoms with Crippen molar-refractivity contribution in [2.75, 3.05) is 0 Å². The standard InChI is InChI=1S/C11H15N3/c12-5-6-14-10(8-13)7-9-3-1-2-4-11(9)14/h7H,1-4,6,8,13H2. The number of nitrogens with zero attached hydrogens (tertiary/aromatic N) is 2. The molecule has 0 unspecified atom stereocenters. The summed E-state index contributed by atoms with van der Waals surface area (Å²) in [6.45, 7) is 0.983. The summed E-state index contributed by atoms with van der Waals surface area (Å²) in [5, 5.41) is 8.75. The van der Waals surface area contributed by atoms with Gasteiger partial charge < -0.3 is 10.3 Å². The SMILES string of the molecule is N#CCn1c(CN)cc2c1CCCC2. The van der Waals surface area contributed by atoms with Crippen molar-refractivity contribution < 1.29 is 0 Å². The van der Waals surface area contributed by atoms with E-state index in [1.807, 2.05) is 0 Å². The molecule has 0 spiro atoms. The molecule has 2 rings (SSSR count). The van der Waals surface area contributed by atoms with E-state index in [-0.39, 0.29) is 0 Å². The third-order valence-corrected chi connectivity index (χ3v) is 2.93. The van der Waals surface area contributed by atoms with Gasteiger partial charge in [0.05, 0.1) is 6.07 Å². The highest BCUT2D eigenvalue weighted by Gasteiger charge is 2.16. The lowest BCUT2D eigenvalue weighted by molar-refractivity contribution is 0.627. The van der Waals surface area contributed by atoms with Gasteiger partial charge in [0.25, 0.3) is 0 Å². The Labute approximate surface area is 84.1 Å². The first-order valence-corrected chi connectivity index (χ1v) is 5.14. The first kappa shape index (κ1) is 9.29. The van der Waals surface area contributed by atoms with Gasteiger partial charge in [0, 0.05) is 17.9 Å². The molecule has 0 aromatic carbocycles. The van der Waals surface area contributed by atoms with E-state index < -0.39 is 0 Å². The minimum atomic E-state index is 0.446.